The van der Waals surface area contributed by atoms with Crippen molar-refractivity contribution in [2.75, 3.05) is 13.1 Å². The molecule has 0 aromatic rings. The topological polar surface area (TPSA) is 29.1 Å². The van der Waals surface area contributed by atoms with Crippen LogP contribution < -0.4 is 5.32 Å². The summed E-state index contributed by atoms with van der Waals surface area (Å²) in [7, 11) is 2.19. The quantitative estimate of drug-likeness (QED) is 0.535. The summed E-state index contributed by atoms with van der Waals surface area (Å²) in [5.41, 5.74) is 0. The van der Waals surface area contributed by atoms with Gasteiger partial charge in [0.2, 0.25) is 0 Å². The molecule has 0 aromatic carbocycles. The Balaban J connectivity index is 2.07. The summed E-state index contributed by atoms with van der Waals surface area (Å²) in [6.07, 6.45) is 5.84. The number of ketones is 1. The van der Waals surface area contributed by atoms with Crippen molar-refractivity contribution in [1.29, 1.82) is 0 Å². The summed E-state index contributed by atoms with van der Waals surface area (Å²) in [6.45, 7) is 6.07. The first-order valence-electron chi connectivity index (χ1n) is 6.23. The average Bonchev–Trinajstić information content (AvgIpc) is 2.25. The maximum atomic E-state index is 11.2. The van der Waals surface area contributed by atoms with Crippen LogP contribution in [0.3, 0.4) is 0 Å². The van der Waals surface area contributed by atoms with E-state index < -0.39 is 0 Å². The van der Waals surface area contributed by atoms with E-state index in [2.05, 4.69) is 19.4 Å². The van der Waals surface area contributed by atoms with Gasteiger partial charge < -0.3 is 5.32 Å². The van der Waals surface area contributed by atoms with Gasteiger partial charge in [0.05, 0.1) is 0 Å². The second-order valence-corrected chi connectivity index (χ2v) is 4.73. The molecule has 2 nitrogen and oxygen atoms in total. The van der Waals surface area contributed by atoms with Crippen LogP contribution >= 0.6 is 0 Å². The summed E-state index contributed by atoms with van der Waals surface area (Å²) >= 11 is 0. The molecule has 85 valence electrons. The molecule has 0 aliphatic heterocycles. The predicted octanol–water partition coefficient (Wildman–Crippen LogP) is 2.14. The molecule has 1 rings (SSSR count). The number of rotatable bonds is 6. The molecule has 0 unspecified atom stereocenters. The number of hydrogen-bond donors (Lipinski definition) is 1. The number of carbonyl (C=O) groups excluding carboxylic acids is 1. The average molecular weight is 208 g/mol. The van der Waals surface area contributed by atoms with E-state index in [1.165, 1.54) is 12.8 Å². The highest BCUT2D eigenvalue weighted by Gasteiger charge is 2.23. The Bertz CT molecular complexity index is 188. The number of Topliss-reactive ketones (excluding diaryl/α,β-unsaturated/α-hetero) is 1. The van der Waals surface area contributed by atoms with Gasteiger partial charge in [-0.1, -0.05) is 13.1 Å². The van der Waals surface area contributed by atoms with Gasteiger partial charge in [0.1, 0.15) is 13.1 Å². The first-order valence-corrected chi connectivity index (χ1v) is 6.23. The molecule has 1 fully saturated rings. The van der Waals surface area contributed by atoms with Gasteiger partial charge >= 0.3 is 0 Å². The smallest absolute Gasteiger partial charge is 0.132 e. The largest absolute Gasteiger partial charge is 0.317 e. The molecule has 0 amide bonds. The molecule has 0 heterocycles. The monoisotopic (exact) mass is 208 g/mol. The van der Waals surface area contributed by atoms with Gasteiger partial charge in [0.15, 0.2) is 0 Å². The molecule has 1 radical (unpaired) electrons. The lowest BCUT2D eigenvalue weighted by atomic mass is 9.78. The number of carbonyl (C=O) groups is 1. The minimum atomic E-state index is 0.366. The third kappa shape index (κ3) is 4.83. The molecule has 1 saturated carbocycles. The summed E-state index contributed by atoms with van der Waals surface area (Å²) in [5, 5.41) is 3.48. The van der Waals surface area contributed by atoms with Crippen LogP contribution in [0.1, 0.15) is 32.6 Å². The van der Waals surface area contributed by atoms with Crippen molar-refractivity contribution in [2.45, 2.75) is 45.8 Å². The maximum Gasteiger partial charge on any atom is 0.132 e. The Kier molecular flexibility index (Phi) is 6.00. The summed E-state index contributed by atoms with van der Waals surface area (Å²) in [6, 6.07) is 0. The lowest BCUT2D eigenvalue weighted by molar-refractivity contribution is -0.121. The number of nitrogens with one attached hydrogen (secondary N) is 1. The molecule has 1 aliphatic carbocycles. The molecular formula is C12H23BNO. The molecule has 0 saturated heterocycles. The second kappa shape index (κ2) is 7.05. The summed E-state index contributed by atoms with van der Waals surface area (Å²) in [4.78, 5) is 11.2. The van der Waals surface area contributed by atoms with Crippen LogP contribution in [-0.4, -0.2) is 26.2 Å². The minimum absolute atomic E-state index is 0.366. The Labute approximate surface area is 94.4 Å². The van der Waals surface area contributed by atoms with Crippen LogP contribution in [0.2, 0.25) is 13.1 Å². The Morgan fingerprint density at radius 1 is 1.33 bits per heavy atom. The van der Waals surface area contributed by atoms with Crippen molar-refractivity contribution < 1.29 is 4.79 Å². The Morgan fingerprint density at radius 2 is 2.00 bits per heavy atom. The van der Waals surface area contributed by atoms with Crippen molar-refractivity contribution >= 4 is 13.1 Å². The van der Waals surface area contributed by atoms with Crippen molar-refractivity contribution in [2.24, 2.45) is 11.8 Å². The van der Waals surface area contributed by atoms with E-state index in [9.17, 15) is 4.79 Å². The van der Waals surface area contributed by atoms with Crippen LogP contribution in [0.4, 0.5) is 0 Å². The van der Waals surface area contributed by atoms with Gasteiger partial charge in [-0.15, -0.1) is 0 Å². The zero-order chi connectivity index (χ0) is 11.1. The molecule has 1 aliphatic rings. The zero-order valence-corrected chi connectivity index (χ0v) is 10.1. The highest BCUT2D eigenvalue weighted by molar-refractivity contribution is 6.33. The van der Waals surface area contributed by atoms with E-state index in [4.69, 9.17) is 0 Å². The zero-order valence-electron chi connectivity index (χ0n) is 10.1. The highest BCUT2D eigenvalue weighted by Crippen LogP contribution is 2.28. The van der Waals surface area contributed by atoms with E-state index in [0.717, 1.165) is 38.2 Å². The maximum absolute atomic E-state index is 11.2. The molecule has 15 heavy (non-hydrogen) atoms. The van der Waals surface area contributed by atoms with E-state index in [-0.39, 0.29) is 0 Å². The SMILES string of the molecule is C[B]CCNCC1CCC(C(C)=O)CC1. The highest BCUT2D eigenvalue weighted by atomic mass is 16.1. The standard InChI is InChI=1S/C12H23BNO/c1-10(15)12-5-3-11(4-6-12)9-14-8-7-13-2/h11-12,14H,3-9H2,1-2H3. The first kappa shape index (κ1) is 12.8. The Hall–Kier alpha value is -0.305. The van der Waals surface area contributed by atoms with Crippen molar-refractivity contribution in [1.82, 2.24) is 5.32 Å². The van der Waals surface area contributed by atoms with E-state index in [1.807, 2.05) is 0 Å². The van der Waals surface area contributed by atoms with E-state index >= 15 is 0 Å². The van der Waals surface area contributed by atoms with Gasteiger partial charge in [0.25, 0.3) is 0 Å². The minimum Gasteiger partial charge on any atom is -0.317 e. The first-order chi connectivity index (χ1) is 7.24. The van der Waals surface area contributed by atoms with E-state index in [1.54, 1.807) is 6.92 Å². The van der Waals surface area contributed by atoms with Gasteiger partial charge in [0, 0.05) is 5.92 Å². The van der Waals surface area contributed by atoms with E-state index in [0.29, 0.717) is 11.7 Å². The molecule has 3 heteroatoms. The lowest BCUT2D eigenvalue weighted by Gasteiger charge is -2.27. The van der Waals surface area contributed by atoms with Crippen molar-refractivity contribution in [3.8, 4) is 0 Å². The molecule has 0 atom stereocenters. The molecule has 0 bridgehead atoms. The van der Waals surface area contributed by atoms with Gasteiger partial charge in [-0.2, -0.15) is 0 Å². The molecule has 1 N–H and O–H groups in total. The molecule has 0 aromatic heterocycles. The molecule has 0 spiro atoms. The van der Waals surface area contributed by atoms with Gasteiger partial charge in [-0.05, 0) is 51.6 Å². The summed E-state index contributed by atoms with van der Waals surface area (Å²) < 4.78 is 0. The molecular weight excluding hydrogens is 185 g/mol. The fraction of sp³-hybridized carbons (Fsp3) is 0.917. The lowest BCUT2D eigenvalue weighted by Crippen LogP contribution is -2.28. The third-order valence-electron chi connectivity index (χ3n) is 3.46. The fourth-order valence-electron chi connectivity index (χ4n) is 2.33. The van der Waals surface area contributed by atoms with Crippen LogP contribution in [0.5, 0.6) is 0 Å². The fourth-order valence-corrected chi connectivity index (χ4v) is 2.33. The predicted molar refractivity (Wildman–Crippen MR) is 65.4 cm³/mol. The van der Waals surface area contributed by atoms with Crippen LogP contribution in [0, 0.1) is 11.8 Å². The van der Waals surface area contributed by atoms with Crippen LogP contribution in [-0.2, 0) is 4.79 Å². The van der Waals surface area contributed by atoms with Crippen LogP contribution in [0.25, 0.3) is 0 Å². The second-order valence-electron chi connectivity index (χ2n) is 4.73. The normalized spacial score (nSPS) is 26.3. The Morgan fingerprint density at radius 3 is 2.53 bits per heavy atom. The van der Waals surface area contributed by atoms with Crippen molar-refractivity contribution in [3.63, 3.8) is 0 Å². The van der Waals surface area contributed by atoms with Crippen molar-refractivity contribution in [3.05, 3.63) is 0 Å². The van der Waals surface area contributed by atoms with Gasteiger partial charge in [-0.25, -0.2) is 0 Å². The van der Waals surface area contributed by atoms with Crippen LogP contribution in [0.15, 0.2) is 0 Å². The third-order valence-corrected chi connectivity index (χ3v) is 3.46. The number of hydrogen-bond acceptors (Lipinski definition) is 2. The summed E-state index contributed by atoms with van der Waals surface area (Å²) in [5.74, 6) is 1.56. The van der Waals surface area contributed by atoms with Gasteiger partial charge in [-0.3, -0.25) is 4.79 Å².